The van der Waals surface area contributed by atoms with Crippen LogP contribution in [0.5, 0.6) is 5.75 Å². The summed E-state index contributed by atoms with van der Waals surface area (Å²) < 4.78 is 7.93. The Labute approximate surface area is 203 Å². The van der Waals surface area contributed by atoms with Crippen LogP contribution in [0.2, 0.25) is 0 Å². The number of unbranched alkanes of at least 4 members (excludes halogenated alkanes) is 1. The number of aryl methyl sites for hydroxylation is 1. The molecule has 1 aromatic heterocycles. The van der Waals surface area contributed by atoms with Crippen LogP contribution in [-0.4, -0.2) is 54.2 Å². The SMILES string of the molecule is COc1cccc2ccn(CCCCN3CCN(C(c4ccccc4)c4ccccc4)CC3)c12. The summed E-state index contributed by atoms with van der Waals surface area (Å²) in [6.45, 7) is 6.69. The molecule has 0 saturated carbocycles. The zero-order valence-electron chi connectivity index (χ0n) is 20.1. The van der Waals surface area contributed by atoms with Gasteiger partial charge in [-0.05, 0) is 42.6 Å². The third-order valence-electron chi connectivity index (χ3n) is 7.10. The Morgan fingerprint density at radius 1 is 0.706 bits per heavy atom. The van der Waals surface area contributed by atoms with Crippen molar-refractivity contribution in [1.29, 1.82) is 0 Å². The molecule has 0 spiro atoms. The minimum absolute atomic E-state index is 0.335. The molecule has 1 aliphatic heterocycles. The molecule has 2 heterocycles. The van der Waals surface area contributed by atoms with Crippen LogP contribution in [0.1, 0.15) is 30.0 Å². The van der Waals surface area contributed by atoms with E-state index in [0.29, 0.717) is 6.04 Å². The van der Waals surface area contributed by atoms with Crippen molar-refractivity contribution >= 4 is 10.9 Å². The maximum atomic E-state index is 5.59. The molecule has 1 saturated heterocycles. The van der Waals surface area contributed by atoms with Crippen molar-refractivity contribution in [2.75, 3.05) is 39.8 Å². The molecule has 0 radical (unpaired) electrons. The molecule has 4 nitrogen and oxygen atoms in total. The number of benzene rings is 3. The van der Waals surface area contributed by atoms with Gasteiger partial charge in [-0.2, -0.15) is 0 Å². The van der Waals surface area contributed by atoms with E-state index in [1.54, 1.807) is 7.11 Å². The summed E-state index contributed by atoms with van der Waals surface area (Å²) in [4.78, 5) is 5.29. The standard InChI is InChI=1S/C30H35N3O/c1-34-28-16-10-15-27-17-20-32(30(27)28)19-9-8-18-31-21-23-33(24-22-31)29(25-11-4-2-5-12-25)26-13-6-3-7-14-26/h2-7,10-17,20,29H,8-9,18-19,21-24H2,1H3. The monoisotopic (exact) mass is 453 g/mol. The van der Waals surface area contributed by atoms with E-state index in [2.05, 4.69) is 105 Å². The van der Waals surface area contributed by atoms with Crippen molar-refractivity contribution in [1.82, 2.24) is 14.4 Å². The summed E-state index contributed by atoms with van der Waals surface area (Å²) in [7, 11) is 1.76. The van der Waals surface area contributed by atoms with Crippen LogP contribution >= 0.6 is 0 Å². The molecular weight excluding hydrogens is 418 g/mol. The third-order valence-corrected chi connectivity index (χ3v) is 7.10. The number of para-hydroxylation sites is 1. The minimum atomic E-state index is 0.335. The van der Waals surface area contributed by atoms with Crippen LogP contribution in [0.4, 0.5) is 0 Å². The van der Waals surface area contributed by atoms with Crippen LogP contribution in [0, 0.1) is 0 Å². The summed E-state index contributed by atoms with van der Waals surface area (Å²) in [5.41, 5.74) is 3.99. The Hall–Kier alpha value is -3.08. The predicted octanol–water partition coefficient (Wildman–Crippen LogP) is 5.84. The first-order valence-electron chi connectivity index (χ1n) is 12.5. The number of hydrogen-bond acceptors (Lipinski definition) is 3. The van der Waals surface area contributed by atoms with E-state index >= 15 is 0 Å². The van der Waals surface area contributed by atoms with Crippen molar-refractivity contribution in [2.24, 2.45) is 0 Å². The highest BCUT2D eigenvalue weighted by atomic mass is 16.5. The summed E-state index contributed by atoms with van der Waals surface area (Å²) in [5.74, 6) is 0.963. The van der Waals surface area contributed by atoms with Crippen molar-refractivity contribution in [3.8, 4) is 5.75 Å². The van der Waals surface area contributed by atoms with Crippen molar-refractivity contribution in [3.63, 3.8) is 0 Å². The molecule has 0 unspecified atom stereocenters. The summed E-state index contributed by atoms with van der Waals surface area (Å²) in [6.07, 6.45) is 4.59. The lowest BCUT2D eigenvalue weighted by molar-refractivity contribution is 0.108. The van der Waals surface area contributed by atoms with Crippen LogP contribution in [0.15, 0.2) is 91.1 Å². The van der Waals surface area contributed by atoms with Crippen LogP contribution in [0.25, 0.3) is 10.9 Å². The highest BCUT2D eigenvalue weighted by Gasteiger charge is 2.26. The molecule has 176 valence electrons. The Bertz CT molecular complexity index is 1120. The van der Waals surface area contributed by atoms with Crippen LogP contribution in [0.3, 0.4) is 0 Å². The van der Waals surface area contributed by atoms with E-state index < -0.39 is 0 Å². The van der Waals surface area contributed by atoms with Gasteiger partial charge in [0.1, 0.15) is 5.75 Å². The fourth-order valence-corrected chi connectivity index (χ4v) is 5.32. The summed E-state index contributed by atoms with van der Waals surface area (Å²) in [5, 5.41) is 1.25. The Morgan fingerprint density at radius 2 is 1.35 bits per heavy atom. The second-order valence-electron chi connectivity index (χ2n) is 9.22. The molecule has 4 aromatic rings. The molecule has 0 aliphatic carbocycles. The smallest absolute Gasteiger partial charge is 0.143 e. The van der Waals surface area contributed by atoms with Gasteiger partial charge in [-0.3, -0.25) is 4.90 Å². The van der Waals surface area contributed by atoms with Crippen LogP contribution < -0.4 is 4.74 Å². The van der Waals surface area contributed by atoms with E-state index in [4.69, 9.17) is 4.74 Å². The summed E-state index contributed by atoms with van der Waals surface area (Å²) in [6, 6.07) is 30.7. The van der Waals surface area contributed by atoms with E-state index in [-0.39, 0.29) is 0 Å². The first-order valence-corrected chi connectivity index (χ1v) is 12.5. The topological polar surface area (TPSA) is 20.6 Å². The molecule has 4 heteroatoms. The van der Waals surface area contributed by atoms with Crippen molar-refractivity contribution in [2.45, 2.75) is 25.4 Å². The highest BCUT2D eigenvalue weighted by Crippen LogP contribution is 2.30. The van der Waals surface area contributed by atoms with Gasteiger partial charge in [0.05, 0.1) is 18.7 Å². The van der Waals surface area contributed by atoms with Crippen molar-refractivity contribution in [3.05, 3.63) is 102 Å². The van der Waals surface area contributed by atoms with Crippen molar-refractivity contribution < 1.29 is 4.74 Å². The lowest BCUT2D eigenvalue weighted by Crippen LogP contribution is -2.48. The van der Waals surface area contributed by atoms with E-state index in [1.165, 1.54) is 41.4 Å². The molecule has 0 amide bonds. The van der Waals surface area contributed by atoms with Gasteiger partial charge >= 0.3 is 0 Å². The molecule has 34 heavy (non-hydrogen) atoms. The first-order chi connectivity index (χ1) is 16.8. The second kappa shape index (κ2) is 10.9. The van der Waals surface area contributed by atoms with Gasteiger partial charge in [0.15, 0.2) is 0 Å². The van der Waals surface area contributed by atoms with Gasteiger partial charge in [-0.25, -0.2) is 0 Å². The molecule has 3 aromatic carbocycles. The zero-order chi connectivity index (χ0) is 23.2. The number of methoxy groups -OCH3 is 1. The molecule has 0 atom stereocenters. The van der Waals surface area contributed by atoms with Gasteiger partial charge in [0.25, 0.3) is 0 Å². The quantitative estimate of drug-likeness (QED) is 0.297. The Morgan fingerprint density at radius 3 is 2.00 bits per heavy atom. The van der Waals surface area contributed by atoms with Gasteiger partial charge < -0.3 is 14.2 Å². The number of nitrogens with zero attached hydrogens (tertiary/aromatic N) is 3. The molecular formula is C30H35N3O. The van der Waals surface area contributed by atoms with E-state index in [9.17, 15) is 0 Å². The third kappa shape index (κ3) is 5.03. The second-order valence-corrected chi connectivity index (χ2v) is 9.22. The first kappa shape index (κ1) is 22.7. The number of ether oxygens (including phenoxy) is 1. The molecule has 1 fully saturated rings. The Balaban J connectivity index is 1.14. The fraction of sp³-hybridized carbons (Fsp3) is 0.333. The Kier molecular flexibility index (Phi) is 7.28. The normalized spacial score (nSPS) is 15.2. The maximum absolute atomic E-state index is 5.59. The van der Waals surface area contributed by atoms with Gasteiger partial charge in [-0.1, -0.05) is 72.8 Å². The number of rotatable bonds is 9. The number of piperazine rings is 1. The lowest BCUT2D eigenvalue weighted by atomic mass is 9.96. The van der Waals surface area contributed by atoms with Crippen LogP contribution in [-0.2, 0) is 6.54 Å². The maximum Gasteiger partial charge on any atom is 0.143 e. The average molecular weight is 454 g/mol. The number of aromatic nitrogens is 1. The largest absolute Gasteiger partial charge is 0.495 e. The fourth-order valence-electron chi connectivity index (χ4n) is 5.32. The lowest BCUT2D eigenvalue weighted by Gasteiger charge is -2.40. The summed E-state index contributed by atoms with van der Waals surface area (Å²) >= 11 is 0. The number of hydrogen-bond donors (Lipinski definition) is 0. The van der Waals surface area contributed by atoms with Gasteiger partial charge in [0.2, 0.25) is 0 Å². The minimum Gasteiger partial charge on any atom is -0.495 e. The van der Waals surface area contributed by atoms with Gasteiger partial charge in [-0.15, -0.1) is 0 Å². The van der Waals surface area contributed by atoms with Gasteiger partial charge in [0, 0.05) is 44.3 Å². The molecule has 0 bridgehead atoms. The molecule has 1 aliphatic rings. The molecule has 0 N–H and O–H groups in total. The molecule has 5 rings (SSSR count). The predicted molar refractivity (Wildman–Crippen MR) is 140 cm³/mol. The van der Waals surface area contributed by atoms with E-state index in [1.807, 2.05) is 0 Å². The number of fused-ring (bicyclic) bond motifs is 1. The zero-order valence-corrected chi connectivity index (χ0v) is 20.1. The van der Waals surface area contributed by atoms with E-state index in [0.717, 1.165) is 38.5 Å². The average Bonchev–Trinajstić information content (AvgIpc) is 3.32. The highest BCUT2D eigenvalue weighted by molar-refractivity contribution is 5.85.